The number of ether oxygens (including phenoxy) is 1. The van der Waals surface area contributed by atoms with Crippen LogP contribution in [0.25, 0.3) is 0 Å². The molecule has 1 rings (SSSR count). The molecule has 0 saturated heterocycles. The molecular weight excluding hydrogens is 183 g/mol. The Labute approximate surface area is 82.6 Å². The van der Waals surface area contributed by atoms with Crippen molar-refractivity contribution >= 4 is 8.81 Å². The molecule has 2 nitrogen and oxygen atoms in total. The van der Waals surface area contributed by atoms with Gasteiger partial charge in [-0.3, -0.25) is 0 Å². The van der Waals surface area contributed by atoms with E-state index in [-0.39, 0.29) is 0 Å². The first-order chi connectivity index (χ1) is 6.25. The van der Waals surface area contributed by atoms with Gasteiger partial charge in [-0.2, -0.15) is 0 Å². The van der Waals surface area contributed by atoms with Crippen molar-refractivity contribution in [2.45, 2.75) is 32.8 Å². The summed E-state index contributed by atoms with van der Waals surface area (Å²) in [6, 6.07) is 0. The van der Waals surface area contributed by atoms with Gasteiger partial charge in [-0.15, -0.1) is 0 Å². The van der Waals surface area contributed by atoms with E-state index in [1.165, 1.54) is 12.0 Å². The molecule has 1 saturated carbocycles. The molecule has 3 atom stereocenters. The van der Waals surface area contributed by atoms with Crippen molar-refractivity contribution in [3.05, 3.63) is 12.2 Å². The highest BCUT2D eigenvalue weighted by molar-refractivity contribution is 7.31. The van der Waals surface area contributed by atoms with Gasteiger partial charge in [0.2, 0.25) is 0 Å². The Kier molecular flexibility index (Phi) is 4.93. The largest absolute Gasteiger partial charge is 0.367 e. The van der Waals surface area contributed by atoms with E-state index in [0.29, 0.717) is 20.8 Å². The molecule has 13 heavy (non-hydrogen) atoms. The van der Waals surface area contributed by atoms with Crippen molar-refractivity contribution in [1.82, 2.24) is 0 Å². The molecule has 0 aromatic heterocycles. The Balaban J connectivity index is 2.12. The van der Waals surface area contributed by atoms with Gasteiger partial charge in [0.25, 0.3) is 0 Å². The molecule has 1 aliphatic rings. The summed E-state index contributed by atoms with van der Waals surface area (Å²) < 4.78 is 10.9. The Morgan fingerprint density at radius 1 is 1.54 bits per heavy atom. The van der Waals surface area contributed by atoms with Crippen molar-refractivity contribution in [1.29, 1.82) is 0 Å². The number of hydrogen-bond acceptors (Lipinski definition) is 2. The molecule has 0 spiro atoms. The fourth-order valence-electron chi connectivity index (χ4n) is 1.56. The second-order valence-corrected chi connectivity index (χ2v) is 4.30. The lowest BCUT2D eigenvalue weighted by atomic mass is 10.1. The smallest absolute Gasteiger partial charge is 0.0888 e. The normalized spacial score (nSPS) is 29.2. The van der Waals surface area contributed by atoms with Crippen molar-refractivity contribution in [2.24, 2.45) is 5.92 Å². The Morgan fingerprint density at radius 2 is 2.31 bits per heavy atom. The van der Waals surface area contributed by atoms with Crippen LogP contribution in [0.5, 0.6) is 0 Å². The fraction of sp³-hybridized carbons (Fsp3) is 0.800. The van der Waals surface area contributed by atoms with Crippen LogP contribution in [0.15, 0.2) is 12.2 Å². The van der Waals surface area contributed by atoms with Crippen LogP contribution in [0.2, 0.25) is 0 Å². The zero-order valence-electron chi connectivity index (χ0n) is 8.51. The van der Waals surface area contributed by atoms with Gasteiger partial charge >= 0.3 is 0 Å². The molecule has 3 heteroatoms. The summed E-state index contributed by atoms with van der Waals surface area (Å²) in [7, 11) is 0.477. The fourth-order valence-corrected chi connectivity index (χ4v) is 2.11. The Hall–Kier alpha value is 0.0900. The highest BCUT2D eigenvalue weighted by Crippen LogP contribution is 2.32. The zero-order chi connectivity index (χ0) is 9.68. The van der Waals surface area contributed by atoms with Gasteiger partial charge in [0.05, 0.1) is 12.5 Å². The SMILES string of the molecule is C=C1C(C)CCC1OCPOCC. The predicted molar refractivity (Wildman–Crippen MR) is 57.2 cm³/mol. The van der Waals surface area contributed by atoms with E-state index in [2.05, 4.69) is 13.5 Å². The monoisotopic (exact) mass is 202 g/mol. The highest BCUT2D eigenvalue weighted by atomic mass is 31.1. The van der Waals surface area contributed by atoms with Gasteiger partial charge in [0, 0.05) is 15.4 Å². The molecule has 3 unspecified atom stereocenters. The maximum absolute atomic E-state index is 5.68. The average molecular weight is 202 g/mol. The molecule has 0 aromatic carbocycles. The van der Waals surface area contributed by atoms with Crippen LogP contribution < -0.4 is 0 Å². The van der Waals surface area contributed by atoms with Crippen LogP contribution in [0, 0.1) is 5.92 Å². The third-order valence-corrected chi connectivity index (χ3v) is 3.28. The van der Waals surface area contributed by atoms with Crippen molar-refractivity contribution in [3.63, 3.8) is 0 Å². The molecule has 0 amide bonds. The van der Waals surface area contributed by atoms with E-state index >= 15 is 0 Å². The van der Waals surface area contributed by atoms with Crippen LogP contribution in [-0.4, -0.2) is 19.1 Å². The molecule has 1 fully saturated rings. The van der Waals surface area contributed by atoms with Crippen LogP contribution in [0.3, 0.4) is 0 Å². The maximum Gasteiger partial charge on any atom is 0.0888 e. The maximum atomic E-state index is 5.68. The quantitative estimate of drug-likeness (QED) is 0.387. The first-order valence-electron chi connectivity index (χ1n) is 4.90. The molecule has 76 valence electrons. The first kappa shape index (κ1) is 11.2. The summed E-state index contributed by atoms with van der Waals surface area (Å²) in [5, 5.41) is 0. The standard InChI is InChI=1S/C10H19O2P/c1-4-12-13-7-11-10-6-5-8(2)9(10)3/h8,10,13H,3-7H2,1-2H3. The molecule has 0 aliphatic heterocycles. The Bertz CT molecular complexity index is 170. The van der Waals surface area contributed by atoms with Crippen LogP contribution >= 0.6 is 8.81 Å². The molecule has 1 aliphatic carbocycles. The van der Waals surface area contributed by atoms with Gasteiger partial charge in [-0.05, 0) is 31.3 Å². The van der Waals surface area contributed by atoms with Crippen LogP contribution in [0.1, 0.15) is 26.7 Å². The lowest BCUT2D eigenvalue weighted by Crippen LogP contribution is -2.10. The number of hydrogen-bond donors (Lipinski definition) is 0. The molecule has 0 radical (unpaired) electrons. The van der Waals surface area contributed by atoms with E-state index in [0.717, 1.165) is 19.4 Å². The summed E-state index contributed by atoms with van der Waals surface area (Å²) in [5.41, 5.74) is 1.27. The van der Waals surface area contributed by atoms with E-state index in [1.54, 1.807) is 0 Å². The van der Waals surface area contributed by atoms with Crippen molar-refractivity contribution in [3.8, 4) is 0 Å². The first-order valence-corrected chi connectivity index (χ1v) is 6.02. The molecule has 0 bridgehead atoms. The molecule has 0 heterocycles. The van der Waals surface area contributed by atoms with E-state index in [9.17, 15) is 0 Å². The van der Waals surface area contributed by atoms with Gasteiger partial charge in [0.15, 0.2) is 0 Å². The lowest BCUT2D eigenvalue weighted by Gasteiger charge is -2.13. The Morgan fingerprint density at radius 3 is 2.85 bits per heavy atom. The predicted octanol–water partition coefficient (Wildman–Crippen LogP) is 2.95. The van der Waals surface area contributed by atoms with Crippen LogP contribution in [0.4, 0.5) is 0 Å². The number of rotatable bonds is 5. The minimum atomic E-state index is 0.294. The summed E-state index contributed by atoms with van der Waals surface area (Å²) in [6.07, 6.45) is 3.38. The van der Waals surface area contributed by atoms with Gasteiger partial charge in [0.1, 0.15) is 0 Å². The molecular formula is C10H19O2P. The molecule has 0 N–H and O–H groups in total. The van der Waals surface area contributed by atoms with Gasteiger partial charge in [-0.1, -0.05) is 13.5 Å². The molecule has 0 aromatic rings. The van der Waals surface area contributed by atoms with E-state index in [1.807, 2.05) is 6.92 Å². The third-order valence-electron chi connectivity index (χ3n) is 2.50. The summed E-state index contributed by atoms with van der Waals surface area (Å²) in [4.78, 5) is 0. The second-order valence-electron chi connectivity index (χ2n) is 3.43. The minimum absolute atomic E-state index is 0.294. The summed E-state index contributed by atoms with van der Waals surface area (Å²) >= 11 is 0. The van der Waals surface area contributed by atoms with Crippen molar-refractivity contribution < 1.29 is 9.26 Å². The average Bonchev–Trinajstić information content (AvgIpc) is 2.43. The summed E-state index contributed by atoms with van der Waals surface area (Å²) in [6.45, 7) is 9.06. The summed E-state index contributed by atoms with van der Waals surface area (Å²) in [5.74, 6) is 0.639. The van der Waals surface area contributed by atoms with E-state index < -0.39 is 0 Å². The third kappa shape index (κ3) is 3.38. The minimum Gasteiger partial charge on any atom is -0.367 e. The van der Waals surface area contributed by atoms with E-state index in [4.69, 9.17) is 9.26 Å². The van der Waals surface area contributed by atoms with Gasteiger partial charge < -0.3 is 9.26 Å². The van der Waals surface area contributed by atoms with Crippen LogP contribution in [-0.2, 0) is 9.26 Å². The topological polar surface area (TPSA) is 18.5 Å². The van der Waals surface area contributed by atoms with Gasteiger partial charge in [-0.25, -0.2) is 0 Å². The lowest BCUT2D eigenvalue weighted by molar-refractivity contribution is 0.116. The zero-order valence-corrected chi connectivity index (χ0v) is 9.51. The van der Waals surface area contributed by atoms with Crippen molar-refractivity contribution in [2.75, 3.05) is 13.0 Å². The second kappa shape index (κ2) is 5.74. The highest BCUT2D eigenvalue weighted by Gasteiger charge is 2.25.